The molecule has 2 atom stereocenters. The number of carbonyl (C=O) groups excluding carboxylic acids is 1. The molecule has 0 saturated carbocycles. The van der Waals surface area contributed by atoms with Crippen LogP contribution >= 0.6 is 0 Å². The highest BCUT2D eigenvalue weighted by molar-refractivity contribution is 5.60. The Morgan fingerprint density at radius 1 is 0.583 bits per heavy atom. The summed E-state index contributed by atoms with van der Waals surface area (Å²) in [5.74, 6) is 0. The summed E-state index contributed by atoms with van der Waals surface area (Å²) >= 11 is 0. The predicted molar refractivity (Wildman–Crippen MR) is 102 cm³/mol. The second kappa shape index (κ2) is 17.1. The van der Waals surface area contributed by atoms with Crippen LogP contribution < -0.4 is 0 Å². The highest BCUT2D eigenvalue weighted by Gasteiger charge is 2.19. The van der Waals surface area contributed by atoms with Gasteiger partial charge in [-0.25, -0.2) is 4.79 Å². The first kappa shape index (κ1) is 23.3. The van der Waals surface area contributed by atoms with Gasteiger partial charge in [0.15, 0.2) is 0 Å². The largest absolute Gasteiger partial charge is 0.508 e. The van der Waals surface area contributed by atoms with Crippen molar-refractivity contribution in [1.82, 2.24) is 0 Å². The fourth-order valence-corrected chi connectivity index (χ4v) is 3.07. The Morgan fingerprint density at radius 3 is 1.33 bits per heavy atom. The predicted octanol–water partition coefficient (Wildman–Crippen LogP) is 7.42. The molecule has 24 heavy (non-hydrogen) atoms. The molecule has 0 heterocycles. The van der Waals surface area contributed by atoms with E-state index in [9.17, 15) is 4.79 Å². The first-order valence-electron chi connectivity index (χ1n) is 10.5. The number of rotatable bonds is 16. The Hall–Kier alpha value is -0.730. The van der Waals surface area contributed by atoms with Crippen molar-refractivity contribution in [3.63, 3.8) is 0 Å². The van der Waals surface area contributed by atoms with Gasteiger partial charge in [-0.2, -0.15) is 0 Å². The number of hydrogen-bond acceptors (Lipinski definition) is 3. The third kappa shape index (κ3) is 13.7. The van der Waals surface area contributed by atoms with Crippen LogP contribution in [0, 0.1) is 0 Å². The molecule has 3 heteroatoms. The summed E-state index contributed by atoms with van der Waals surface area (Å²) in [5.41, 5.74) is 0. The minimum Gasteiger partial charge on any atom is -0.431 e. The molecule has 0 aliphatic rings. The number of ether oxygens (including phenoxy) is 2. The van der Waals surface area contributed by atoms with E-state index in [-0.39, 0.29) is 12.2 Å². The Morgan fingerprint density at radius 2 is 1.00 bits per heavy atom. The monoisotopic (exact) mass is 342 g/mol. The van der Waals surface area contributed by atoms with Crippen molar-refractivity contribution in [2.75, 3.05) is 0 Å². The Labute approximate surface area is 150 Å². The van der Waals surface area contributed by atoms with E-state index in [0.717, 1.165) is 51.4 Å². The molecule has 0 radical (unpaired) electrons. The lowest BCUT2D eigenvalue weighted by Gasteiger charge is -2.21. The molecule has 0 aromatic rings. The molecule has 0 aromatic heterocycles. The van der Waals surface area contributed by atoms with Gasteiger partial charge in [0.25, 0.3) is 0 Å². The van der Waals surface area contributed by atoms with Gasteiger partial charge in [0.1, 0.15) is 12.2 Å². The van der Waals surface area contributed by atoms with Crippen LogP contribution in [0.5, 0.6) is 0 Å². The molecule has 0 spiro atoms. The average molecular weight is 343 g/mol. The summed E-state index contributed by atoms with van der Waals surface area (Å²) < 4.78 is 11.2. The van der Waals surface area contributed by atoms with Crippen LogP contribution in [0.2, 0.25) is 0 Å². The van der Waals surface area contributed by atoms with Crippen molar-refractivity contribution in [2.24, 2.45) is 0 Å². The molecular weight excluding hydrogens is 300 g/mol. The smallest absolute Gasteiger partial charge is 0.431 e. The van der Waals surface area contributed by atoms with Gasteiger partial charge in [-0.05, 0) is 38.5 Å². The van der Waals surface area contributed by atoms with Crippen molar-refractivity contribution in [3.8, 4) is 0 Å². The maximum absolute atomic E-state index is 12.1. The van der Waals surface area contributed by atoms with Crippen molar-refractivity contribution in [2.45, 2.75) is 130 Å². The molecule has 0 saturated heterocycles. The Kier molecular flexibility index (Phi) is 16.6. The van der Waals surface area contributed by atoms with Crippen LogP contribution in [0.3, 0.4) is 0 Å². The van der Waals surface area contributed by atoms with Crippen LogP contribution in [0.4, 0.5) is 4.79 Å². The van der Waals surface area contributed by atoms with Crippen molar-refractivity contribution >= 4 is 6.16 Å². The van der Waals surface area contributed by atoms with E-state index in [1.807, 2.05) is 0 Å². The first-order valence-corrected chi connectivity index (χ1v) is 10.5. The van der Waals surface area contributed by atoms with Gasteiger partial charge in [-0.3, -0.25) is 0 Å². The quantitative estimate of drug-likeness (QED) is 0.216. The molecule has 2 unspecified atom stereocenters. The molecule has 0 amide bonds. The minimum atomic E-state index is -0.446. The van der Waals surface area contributed by atoms with Crippen LogP contribution in [-0.4, -0.2) is 18.4 Å². The van der Waals surface area contributed by atoms with Crippen molar-refractivity contribution in [3.05, 3.63) is 0 Å². The number of carbonyl (C=O) groups is 1. The summed E-state index contributed by atoms with van der Waals surface area (Å²) in [5, 5.41) is 0. The van der Waals surface area contributed by atoms with E-state index in [4.69, 9.17) is 9.47 Å². The molecule has 0 bridgehead atoms. The highest BCUT2D eigenvalue weighted by atomic mass is 16.7. The lowest BCUT2D eigenvalue weighted by molar-refractivity contribution is -0.0112. The van der Waals surface area contributed by atoms with E-state index in [0.29, 0.717) is 0 Å². The van der Waals surface area contributed by atoms with Crippen LogP contribution in [0.15, 0.2) is 0 Å². The standard InChI is InChI=1S/C21H42O3/c1-5-9-11-13-17-19(15-7-3)23-21(22)24-20(16-8-4)18-14-12-10-6-2/h19-20H,5-18H2,1-4H3. The zero-order chi connectivity index (χ0) is 18.0. The van der Waals surface area contributed by atoms with Gasteiger partial charge in [0.05, 0.1) is 0 Å². The van der Waals surface area contributed by atoms with E-state index in [1.165, 1.54) is 38.5 Å². The molecule has 144 valence electrons. The normalized spacial score (nSPS) is 13.5. The van der Waals surface area contributed by atoms with Gasteiger partial charge in [-0.1, -0.05) is 79.1 Å². The second-order valence-electron chi connectivity index (χ2n) is 7.01. The Bertz CT molecular complexity index is 252. The van der Waals surface area contributed by atoms with Gasteiger partial charge in [0.2, 0.25) is 0 Å². The molecule has 0 N–H and O–H groups in total. The second-order valence-corrected chi connectivity index (χ2v) is 7.01. The molecule has 0 aromatic carbocycles. The molecule has 0 fully saturated rings. The zero-order valence-corrected chi connectivity index (χ0v) is 16.8. The minimum absolute atomic E-state index is 0.0294. The third-order valence-electron chi connectivity index (χ3n) is 4.51. The van der Waals surface area contributed by atoms with E-state index < -0.39 is 6.16 Å². The van der Waals surface area contributed by atoms with Gasteiger partial charge in [-0.15, -0.1) is 0 Å². The summed E-state index contributed by atoms with van der Waals surface area (Å²) in [6.07, 6.45) is 15.2. The number of hydrogen-bond donors (Lipinski definition) is 0. The maximum Gasteiger partial charge on any atom is 0.508 e. The topological polar surface area (TPSA) is 35.5 Å². The van der Waals surface area contributed by atoms with E-state index in [2.05, 4.69) is 27.7 Å². The van der Waals surface area contributed by atoms with Crippen LogP contribution in [-0.2, 0) is 9.47 Å². The average Bonchev–Trinajstić information content (AvgIpc) is 2.55. The highest BCUT2D eigenvalue weighted by Crippen LogP contribution is 2.17. The molecule has 0 rings (SSSR count). The van der Waals surface area contributed by atoms with Gasteiger partial charge >= 0.3 is 6.16 Å². The summed E-state index contributed by atoms with van der Waals surface area (Å²) in [4.78, 5) is 12.1. The van der Waals surface area contributed by atoms with Crippen LogP contribution in [0.25, 0.3) is 0 Å². The Balaban J connectivity index is 4.17. The van der Waals surface area contributed by atoms with Gasteiger partial charge < -0.3 is 9.47 Å². The van der Waals surface area contributed by atoms with Gasteiger partial charge in [0, 0.05) is 0 Å². The maximum atomic E-state index is 12.1. The van der Waals surface area contributed by atoms with Crippen LogP contribution in [0.1, 0.15) is 118 Å². The lowest BCUT2D eigenvalue weighted by Crippen LogP contribution is -2.24. The van der Waals surface area contributed by atoms with Crippen molar-refractivity contribution in [1.29, 1.82) is 0 Å². The van der Waals surface area contributed by atoms with E-state index in [1.54, 1.807) is 0 Å². The molecule has 0 aliphatic carbocycles. The first-order chi connectivity index (χ1) is 11.7. The fourth-order valence-electron chi connectivity index (χ4n) is 3.07. The third-order valence-corrected chi connectivity index (χ3v) is 4.51. The summed E-state index contributed by atoms with van der Waals surface area (Å²) in [6.45, 7) is 8.71. The summed E-state index contributed by atoms with van der Waals surface area (Å²) in [6, 6.07) is 0. The fraction of sp³-hybridized carbons (Fsp3) is 0.952. The van der Waals surface area contributed by atoms with E-state index >= 15 is 0 Å². The molecular formula is C21H42O3. The summed E-state index contributed by atoms with van der Waals surface area (Å²) in [7, 11) is 0. The SMILES string of the molecule is CCCCCCC(CCC)OC(=O)OC(CCC)CCCCCC. The molecule has 3 nitrogen and oxygen atoms in total. The lowest BCUT2D eigenvalue weighted by atomic mass is 10.1. The molecule has 0 aliphatic heterocycles. The number of unbranched alkanes of at least 4 members (excludes halogenated alkanes) is 6. The zero-order valence-electron chi connectivity index (χ0n) is 16.8. The van der Waals surface area contributed by atoms with Crippen molar-refractivity contribution < 1.29 is 14.3 Å².